The third kappa shape index (κ3) is 4.19. The first-order valence-electron chi connectivity index (χ1n) is 8.13. The van der Waals surface area contributed by atoms with Crippen LogP contribution in [0.2, 0.25) is 0 Å². The van der Waals surface area contributed by atoms with Gasteiger partial charge in [-0.3, -0.25) is 9.69 Å². The van der Waals surface area contributed by atoms with Crippen molar-refractivity contribution >= 4 is 5.91 Å². The molecule has 0 aromatic heterocycles. The Hall–Kier alpha value is -2.24. The van der Waals surface area contributed by atoms with E-state index < -0.39 is 6.10 Å². The molecule has 3 rings (SSSR count). The molecule has 0 fully saturated rings. The smallest absolute Gasteiger partial charge is 0.251 e. The number of halogens is 1. The van der Waals surface area contributed by atoms with Crippen LogP contribution in [0.5, 0.6) is 0 Å². The summed E-state index contributed by atoms with van der Waals surface area (Å²) in [6.45, 7) is 2.41. The molecule has 1 atom stereocenters. The predicted octanol–water partition coefficient (Wildman–Crippen LogP) is 1.97. The highest BCUT2D eigenvalue weighted by atomic mass is 19.1. The molecule has 0 saturated heterocycles. The van der Waals surface area contributed by atoms with Crippen molar-refractivity contribution in [3.8, 4) is 0 Å². The SMILES string of the molecule is O=C(NCC(O)CN1CCc2ccccc2C1)c1ccc(F)cc1. The lowest BCUT2D eigenvalue weighted by Gasteiger charge is -2.30. The van der Waals surface area contributed by atoms with Gasteiger partial charge in [0.2, 0.25) is 0 Å². The Morgan fingerprint density at radius 1 is 1.17 bits per heavy atom. The lowest BCUT2D eigenvalue weighted by molar-refractivity contribution is 0.0842. The molecule has 0 bridgehead atoms. The number of carbonyl (C=O) groups excluding carboxylic acids is 1. The largest absolute Gasteiger partial charge is 0.390 e. The highest BCUT2D eigenvalue weighted by Crippen LogP contribution is 2.18. The van der Waals surface area contributed by atoms with Crippen molar-refractivity contribution < 1.29 is 14.3 Å². The van der Waals surface area contributed by atoms with E-state index in [2.05, 4.69) is 22.3 Å². The van der Waals surface area contributed by atoms with Crippen molar-refractivity contribution in [2.45, 2.75) is 19.1 Å². The van der Waals surface area contributed by atoms with E-state index in [-0.39, 0.29) is 18.3 Å². The molecule has 24 heavy (non-hydrogen) atoms. The van der Waals surface area contributed by atoms with Crippen LogP contribution in [0.1, 0.15) is 21.5 Å². The average molecular weight is 328 g/mol. The molecule has 1 heterocycles. The first kappa shape index (κ1) is 16.6. The zero-order valence-electron chi connectivity index (χ0n) is 13.4. The lowest BCUT2D eigenvalue weighted by Crippen LogP contribution is -2.42. The second-order valence-corrected chi connectivity index (χ2v) is 6.12. The Bertz CT molecular complexity index is 703. The van der Waals surface area contributed by atoms with Gasteiger partial charge >= 0.3 is 0 Å². The molecular formula is C19H21FN2O2. The fourth-order valence-electron chi connectivity index (χ4n) is 2.99. The molecule has 4 nitrogen and oxygen atoms in total. The molecule has 1 aliphatic rings. The molecule has 126 valence electrons. The molecule has 2 aromatic rings. The molecule has 5 heteroatoms. The van der Waals surface area contributed by atoms with Crippen LogP contribution in [0, 0.1) is 5.82 Å². The molecule has 1 aliphatic heterocycles. The molecule has 1 unspecified atom stereocenters. The molecule has 0 spiro atoms. The Balaban J connectivity index is 1.47. The number of nitrogens with zero attached hydrogens (tertiary/aromatic N) is 1. The molecule has 1 amide bonds. The number of aliphatic hydroxyl groups excluding tert-OH is 1. The van der Waals surface area contributed by atoms with E-state index in [0.717, 1.165) is 19.5 Å². The van der Waals surface area contributed by atoms with Gasteiger partial charge in [0.25, 0.3) is 5.91 Å². The molecule has 2 aromatic carbocycles. The minimum absolute atomic E-state index is 0.175. The lowest BCUT2D eigenvalue weighted by atomic mass is 10.00. The second kappa shape index (κ2) is 7.55. The minimum Gasteiger partial charge on any atom is -0.390 e. The van der Waals surface area contributed by atoms with Gasteiger partial charge in [0.15, 0.2) is 0 Å². The van der Waals surface area contributed by atoms with E-state index in [9.17, 15) is 14.3 Å². The fraction of sp³-hybridized carbons (Fsp3) is 0.316. The Kier molecular flexibility index (Phi) is 5.23. The Morgan fingerprint density at radius 3 is 2.62 bits per heavy atom. The van der Waals surface area contributed by atoms with E-state index in [1.807, 2.05) is 12.1 Å². The minimum atomic E-state index is -0.639. The average Bonchev–Trinajstić information content (AvgIpc) is 2.60. The summed E-state index contributed by atoms with van der Waals surface area (Å²) in [6.07, 6.45) is 0.338. The zero-order valence-corrected chi connectivity index (χ0v) is 13.4. The normalized spacial score (nSPS) is 15.6. The Morgan fingerprint density at radius 2 is 1.88 bits per heavy atom. The highest BCUT2D eigenvalue weighted by Gasteiger charge is 2.18. The second-order valence-electron chi connectivity index (χ2n) is 6.12. The number of β-amino-alcohol motifs (C(OH)–C–C–N with tert-alkyl or cyclic N) is 1. The van der Waals surface area contributed by atoms with Gasteiger partial charge in [-0.25, -0.2) is 4.39 Å². The van der Waals surface area contributed by atoms with Crippen molar-refractivity contribution in [3.63, 3.8) is 0 Å². The maximum atomic E-state index is 12.9. The van der Waals surface area contributed by atoms with E-state index >= 15 is 0 Å². The number of rotatable bonds is 5. The van der Waals surface area contributed by atoms with Crippen molar-refractivity contribution in [1.82, 2.24) is 10.2 Å². The van der Waals surface area contributed by atoms with Crippen LogP contribution in [0.4, 0.5) is 4.39 Å². The predicted molar refractivity (Wildman–Crippen MR) is 90.2 cm³/mol. The van der Waals surface area contributed by atoms with Crippen LogP contribution >= 0.6 is 0 Å². The van der Waals surface area contributed by atoms with E-state index in [0.29, 0.717) is 12.1 Å². The van der Waals surface area contributed by atoms with Crippen LogP contribution in [0.3, 0.4) is 0 Å². The van der Waals surface area contributed by atoms with Gasteiger partial charge in [0.05, 0.1) is 6.10 Å². The van der Waals surface area contributed by atoms with Crippen molar-refractivity contribution in [1.29, 1.82) is 0 Å². The van der Waals surface area contributed by atoms with E-state index in [4.69, 9.17) is 0 Å². The van der Waals surface area contributed by atoms with Gasteiger partial charge in [0, 0.05) is 31.7 Å². The first-order valence-corrected chi connectivity index (χ1v) is 8.13. The number of benzene rings is 2. The number of carbonyl (C=O) groups is 1. The van der Waals surface area contributed by atoms with Crippen LogP contribution < -0.4 is 5.32 Å². The quantitative estimate of drug-likeness (QED) is 0.882. The molecule has 0 radical (unpaired) electrons. The standard InChI is InChI=1S/C19H21FN2O2/c20-17-7-5-15(6-8-17)19(24)21-11-18(23)13-22-10-9-14-3-1-2-4-16(14)12-22/h1-8,18,23H,9-13H2,(H,21,24). The molecule has 0 aliphatic carbocycles. The summed E-state index contributed by atoms with van der Waals surface area (Å²) in [5, 5.41) is 12.9. The molecular weight excluding hydrogens is 307 g/mol. The van der Waals surface area contributed by atoms with Crippen LogP contribution in [-0.4, -0.2) is 41.7 Å². The maximum Gasteiger partial charge on any atom is 0.251 e. The summed E-state index contributed by atoms with van der Waals surface area (Å²) in [6, 6.07) is 13.7. The Labute approximate surface area is 140 Å². The third-order valence-corrected chi connectivity index (χ3v) is 4.28. The maximum absolute atomic E-state index is 12.9. The molecule has 0 saturated carbocycles. The van der Waals surface area contributed by atoms with Gasteiger partial charge in [-0.1, -0.05) is 24.3 Å². The number of hydrogen-bond donors (Lipinski definition) is 2. The zero-order chi connectivity index (χ0) is 16.9. The summed E-state index contributed by atoms with van der Waals surface area (Å²) < 4.78 is 12.9. The van der Waals surface area contributed by atoms with Crippen molar-refractivity contribution in [2.75, 3.05) is 19.6 Å². The third-order valence-electron chi connectivity index (χ3n) is 4.28. The number of hydrogen-bond acceptors (Lipinski definition) is 3. The topological polar surface area (TPSA) is 52.6 Å². The summed E-state index contributed by atoms with van der Waals surface area (Å²) in [5.74, 6) is -0.685. The van der Waals surface area contributed by atoms with Crippen LogP contribution in [0.25, 0.3) is 0 Å². The summed E-state index contributed by atoms with van der Waals surface area (Å²) in [4.78, 5) is 14.1. The summed E-state index contributed by atoms with van der Waals surface area (Å²) in [5.41, 5.74) is 3.05. The molecule has 2 N–H and O–H groups in total. The van der Waals surface area contributed by atoms with Gasteiger partial charge in [0.1, 0.15) is 5.82 Å². The summed E-state index contributed by atoms with van der Waals surface area (Å²) >= 11 is 0. The first-order chi connectivity index (χ1) is 11.6. The van der Waals surface area contributed by atoms with Gasteiger partial charge < -0.3 is 10.4 Å². The number of amides is 1. The number of aliphatic hydroxyl groups is 1. The van der Waals surface area contributed by atoms with Crippen LogP contribution in [0.15, 0.2) is 48.5 Å². The van der Waals surface area contributed by atoms with E-state index in [1.165, 1.54) is 35.4 Å². The van der Waals surface area contributed by atoms with Crippen molar-refractivity contribution in [2.24, 2.45) is 0 Å². The van der Waals surface area contributed by atoms with Gasteiger partial charge in [-0.2, -0.15) is 0 Å². The monoisotopic (exact) mass is 328 g/mol. The van der Waals surface area contributed by atoms with Gasteiger partial charge in [-0.05, 0) is 41.8 Å². The number of nitrogens with one attached hydrogen (secondary N) is 1. The van der Waals surface area contributed by atoms with Crippen LogP contribution in [-0.2, 0) is 13.0 Å². The number of fused-ring (bicyclic) bond motifs is 1. The fourth-order valence-corrected chi connectivity index (χ4v) is 2.99. The van der Waals surface area contributed by atoms with Crippen molar-refractivity contribution in [3.05, 3.63) is 71.0 Å². The van der Waals surface area contributed by atoms with E-state index in [1.54, 1.807) is 0 Å². The highest BCUT2D eigenvalue weighted by molar-refractivity contribution is 5.94. The van der Waals surface area contributed by atoms with Gasteiger partial charge in [-0.15, -0.1) is 0 Å². The summed E-state index contributed by atoms with van der Waals surface area (Å²) in [7, 11) is 0.